The Hall–Kier alpha value is -1.71. The van der Waals surface area contributed by atoms with Gasteiger partial charge in [0.05, 0.1) is 0 Å². The van der Waals surface area contributed by atoms with E-state index in [9.17, 15) is 4.79 Å². The number of nitrogens with one attached hydrogen (secondary N) is 1. The number of benzene rings is 1. The summed E-state index contributed by atoms with van der Waals surface area (Å²) in [5.74, 6) is -0.330. The molecule has 0 saturated carbocycles. The first kappa shape index (κ1) is 11.8. The molecule has 17 heavy (non-hydrogen) atoms. The highest BCUT2D eigenvalue weighted by atomic mass is 16.5. The molecule has 0 spiro atoms. The zero-order valence-corrected chi connectivity index (χ0v) is 10.3. The van der Waals surface area contributed by atoms with Gasteiger partial charge in [0, 0.05) is 5.52 Å². The van der Waals surface area contributed by atoms with Gasteiger partial charge in [-0.1, -0.05) is 18.2 Å². The molecule has 0 bridgehead atoms. The summed E-state index contributed by atoms with van der Waals surface area (Å²) in [5.41, 5.74) is 1.32. The Balaban J connectivity index is 2.11. The highest BCUT2D eigenvalue weighted by Gasteiger charge is 2.18. The average molecular weight is 228 g/mol. The summed E-state index contributed by atoms with van der Waals surface area (Å²) < 4.78 is 5.22. The molecule has 0 aliphatic rings. The topological polar surface area (TPSA) is 42.1 Å². The molecule has 2 rings (SSSR count). The molecule has 1 aromatic heterocycles. The van der Waals surface area contributed by atoms with Crippen molar-refractivity contribution in [1.82, 2.24) is 4.98 Å². The zero-order chi connectivity index (χ0) is 12.5. The first-order valence-electron chi connectivity index (χ1n) is 5.59. The fraction of sp³-hybridized carbons (Fsp3) is 0.308. The lowest BCUT2D eigenvalue weighted by molar-refractivity contribution is 0.0720. The second-order valence-electron chi connectivity index (χ2n) is 4.99. The summed E-state index contributed by atoms with van der Waals surface area (Å²) in [4.78, 5) is 14.8. The van der Waals surface area contributed by atoms with E-state index in [0.29, 0.717) is 0 Å². The molecule has 0 unspecified atom stereocenters. The van der Waals surface area contributed by atoms with E-state index in [1.807, 2.05) is 51.1 Å². The maximum Gasteiger partial charge on any atom is 0.320 e. The van der Waals surface area contributed by atoms with E-state index >= 15 is 0 Å². The molecule has 0 amide bonds. The van der Waals surface area contributed by atoms with Crippen molar-refractivity contribution in [3.05, 3.63) is 30.3 Å². The van der Waals surface area contributed by atoms with Gasteiger partial charge < -0.3 is 9.72 Å². The third kappa shape index (κ3) is 3.13. The van der Waals surface area contributed by atoms with E-state index in [4.69, 9.17) is 4.74 Å². The first-order chi connectivity index (χ1) is 7.94. The van der Waals surface area contributed by atoms with Crippen LogP contribution < -0.4 is 5.59 Å². The maximum absolute atomic E-state index is 11.6. The van der Waals surface area contributed by atoms with Crippen molar-refractivity contribution >= 4 is 29.6 Å². The van der Waals surface area contributed by atoms with Gasteiger partial charge >= 0.3 is 7.28 Å². The monoisotopic (exact) mass is 228 g/mol. The minimum absolute atomic E-state index is 0.330. The minimum atomic E-state index is -0.459. The molecule has 1 N–H and O–H groups in total. The number of rotatable bonds is 2. The van der Waals surface area contributed by atoms with Gasteiger partial charge in [0.1, 0.15) is 5.60 Å². The van der Waals surface area contributed by atoms with Crippen molar-refractivity contribution in [2.75, 3.05) is 0 Å². The SMILES string of the molecule is CC(C)(C)OC(=O)[B]c1cc2ccccc2[nH]1. The van der Waals surface area contributed by atoms with E-state index in [-0.39, 0.29) is 5.87 Å². The molecule has 0 aliphatic heterocycles. The van der Waals surface area contributed by atoms with Crippen LogP contribution in [0, 0.1) is 0 Å². The van der Waals surface area contributed by atoms with Gasteiger partial charge in [-0.3, -0.25) is 4.79 Å². The Labute approximate surface area is 101 Å². The quantitative estimate of drug-likeness (QED) is 0.802. The first-order valence-corrected chi connectivity index (χ1v) is 5.59. The molecule has 1 radical (unpaired) electrons. The van der Waals surface area contributed by atoms with Crippen LogP contribution in [0.5, 0.6) is 0 Å². The number of fused-ring (bicyclic) bond motifs is 1. The van der Waals surface area contributed by atoms with Crippen LogP contribution in [0.4, 0.5) is 4.79 Å². The second kappa shape index (κ2) is 4.28. The minimum Gasteiger partial charge on any atom is -0.468 e. The highest BCUT2D eigenvalue weighted by molar-refractivity contribution is 6.82. The fourth-order valence-electron chi connectivity index (χ4n) is 1.63. The number of H-pyrrole nitrogens is 1. The number of hydrogen-bond donors (Lipinski definition) is 1. The molecule has 3 nitrogen and oxygen atoms in total. The lowest BCUT2D eigenvalue weighted by atomic mass is 9.74. The second-order valence-corrected chi connectivity index (χ2v) is 4.99. The van der Waals surface area contributed by atoms with Crippen LogP contribution >= 0.6 is 0 Å². The fourth-order valence-corrected chi connectivity index (χ4v) is 1.63. The van der Waals surface area contributed by atoms with E-state index in [0.717, 1.165) is 16.5 Å². The molecule has 0 fully saturated rings. The van der Waals surface area contributed by atoms with Crippen LogP contribution in [-0.4, -0.2) is 23.7 Å². The molecule has 1 heterocycles. The number of aromatic nitrogens is 1. The van der Waals surface area contributed by atoms with E-state index in [2.05, 4.69) is 4.98 Å². The molecule has 1 aromatic carbocycles. The molecule has 4 heteroatoms. The van der Waals surface area contributed by atoms with Gasteiger partial charge in [0.2, 0.25) is 0 Å². The number of carbonyl (C=O) groups excluding carboxylic acids is 1. The Morgan fingerprint density at radius 2 is 2.00 bits per heavy atom. The van der Waals surface area contributed by atoms with Crippen molar-refractivity contribution in [1.29, 1.82) is 0 Å². The molecular weight excluding hydrogens is 213 g/mol. The maximum atomic E-state index is 11.6. The van der Waals surface area contributed by atoms with Gasteiger partial charge in [-0.05, 0) is 43.9 Å². The molecule has 87 valence electrons. The number of carbonyl (C=O) groups is 1. The molecular formula is C13H15BNO2. The van der Waals surface area contributed by atoms with Gasteiger partial charge in [-0.25, -0.2) is 0 Å². The summed E-state index contributed by atoms with van der Waals surface area (Å²) >= 11 is 0. The average Bonchev–Trinajstić information content (AvgIpc) is 2.55. The van der Waals surface area contributed by atoms with E-state index in [1.165, 1.54) is 7.28 Å². The Kier molecular flexibility index (Phi) is 2.96. The Morgan fingerprint density at radius 3 is 2.65 bits per heavy atom. The van der Waals surface area contributed by atoms with Crippen molar-refractivity contribution in [3.63, 3.8) is 0 Å². The smallest absolute Gasteiger partial charge is 0.320 e. The van der Waals surface area contributed by atoms with Gasteiger partial charge in [0.25, 0.3) is 5.87 Å². The van der Waals surface area contributed by atoms with Crippen LogP contribution in [0.1, 0.15) is 20.8 Å². The predicted molar refractivity (Wildman–Crippen MR) is 69.9 cm³/mol. The lowest BCUT2D eigenvalue weighted by Gasteiger charge is -2.19. The van der Waals surface area contributed by atoms with Crippen LogP contribution in [0.25, 0.3) is 10.9 Å². The summed E-state index contributed by atoms with van der Waals surface area (Å²) in [6.45, 7) is 5.55. The number of ether oxygens (including phenoxy) is 1. The summed E-state index contributed by atoms with van der Waals surface area (Å²) in [5, 5.41) is 1.09. The number of para-hydroxylation sites is 1. The summed E-state index contributed by atoms with van der Waals surface area (Å²) in [6.07, 6.45) is 0. The van der Waals surface area contributed by atoms with Crippen LogP contribution in [0.15, 0.2) is 30.3 Å². The van der Waals surface area contributed by atoms with Crippen LogP contribution in [-0.2, 0) is 4.74 Å². The zero-order valence-electron chi connectivity index (χ0n) is 10.3. The van der Waals surface area contributed by atoms with Crippen LogP contribution in [0.3, 0.4) is 0 Å². The van der Waals surface area contributed by atoms with Crippen molar-refractivity contribution in [3.8, 4) is 0 Å². The summed E-state index contributed by atoms with van der Waals surface area (Å²) in [6, 6.07) is 9.82. The van der Waals surface area contributed by atoms with Crippen molar-refractivity contribution < 1.29 is 9.53 Å². The standard InChI is InChI=1S/C13H15BNO2/c1-13(2,3)17-12(16)14-11-8-9-6-4-5-7-10(9)15-11/h4-8,15H,1-3H3. The third-order valence-corrected chi connectivity index (χ3v) is 2.23. The Bertz CT molecular complexity index is 507. The predicted octanol–water partition coefficient (Wildman–Crippen LogP) is 2.43. The normalized spacial score (nSPS) is 11.5. The molecule has 0 saturated heterocycles. The van der Waals surface area contributed by atoms with Crippen molar-refractivity contribution in [2.24, 2.45) is 0 Å². The van der Waals surface area contributed by atoms with Gasteiger partial charge in [-0.15, -0.1) is 0 Å². The highest BCUT2D eigenvalue weighted by Crippen LogP contribution is 2.10. The number of aromatic amines is 1. The van der Waals surface area contributed by atoms with E-state index in [1.54, 1.807) is 0 Å². The molecule has 0 atom stereocenters. The van der Waals surface area contributed by atoms with Crippen molar-refractivity contribution in [2.45, 2.75) is 26.4 Å². The summed E-state index contributed by atoms with van der Waals surface area (Å²) in [7, 11) is 1.48. The largest absolute Gasteiger partial charge is 0.468 e. The lowest BCUT2D eigenvalue weighted by Crippen LogP contribution is -2.32. The van der Waals surface area contributed by atoms with Gasteiger partial charge in [-0.2, -0.15) is 0 Å². The number of hydrogen-bond acceptors (Lipinski definition) is 2. The molecule has 0 aliphatic carbocycles. The molecule has 2 aromatic rings. The van der Waals surface area contributed by atoms with Crippen LogP contribution in [0.2, 0.25) is 0 Å². The van der Waals surface area contributed by atoms with E-state index < -0.39 is 5.60 Å². The Morgan fingerprint density at radius 1 is 1.29 bits per heavy atom. The third-order valence-electron chi connectivity index (χ3n) is 2.23. The van der Waals surface area contributed by atoms with Gasteiger partial charge in [0.15, 0.2) is 0 Å².